The molecule has 2 aromatic rings. The second-order valence-electron chi connectivity index (χ2n) is 4.47. The molecule has 2 aromatic carbocycles. The minimum absolute atomic E-state index is 0.329. The normalized spacial score (nSPS) is 13.8. The van der Waals surface area contributed by atoms with Gasteiger partial charge in [-0.1, -0.05) is 30.3 Å². The Bertz CT molecular complexity index is 519. The summed E-state index contributed by atoms with van der Waals surface area (Å²) in [5.74, 6) is 0.329. The zero-order valence-electron chi connectivity index (χ0n) is 9.63. The summed E-state index contributed by atoms with van der Waals surface area (Å²) in [5, 5.41) is 9.26. The van der Waals surface area contributed by atoms with Gasteiger partial charge in [0.15, 0.2) is 0 Å². The van der Waals surface area contributed by atoms with Gasteiger partial charge in [-0.05, 0) is 35.7 Å². The summed E-state index contributed by atoms with van der Waals surface area (Å²) in [6.45, 7) is 2.00. The topological polar surface area (TPSA) is 23.5 Å². The first-order valence-corrected chi connectivity index (χ1v) is 5.94. The summed E-state index contributed by atoms with van der Waals surface area (Å²) in [6.07, 6.45) is 1.13. The van der Waals surface area contributed by atoms with Crippen LogP contribution in [0.25, 0.3) is 0 Å². The molecule has 1 heterocycles. The number of aromatic hydroxyl groups is 1. The molecule has 2 heteroatoms. The molecular formula is C15H15NO. The second-order valence-corrected chi connectivity index (χ2v) is 4.47. The fourth-order valence-corrected chi connectivity index (χ4v) is 2.39. The molecule has 17 heavy (non-hydrogen) atoms. The molecule has 86 valence electrons. The molecule has 0 aliphatic carbocycles. The van der Waals surface area contributed by atoms with Crippen LogP contribution in [-0.4, -0.2) is 11.7 Å². The van der Waals surface area contributed by atoms with Crippen LogP contribution in [-0.2, 0) is 13.0 Å². The van der Waals surface area contributed by atoms with E-state index >= 15 is 0 Å². The third kappa shape index (κ3) is 1.98. The first kappa shape index (κ1) is 10.2. The Morgan fingerprint density at radius 1 is 1.00 bits per heavy atom. The van der Waals surface area contributed by atoms with E-state index in [4.69, 9.17) is 0 Å². The Kier molecular flexibility index (Phi) is 2.48. The number of nitrogens with zero attached hydrogens (tertiary/aromatic N) is 1. The van der Waals surface area contributed by atoms with Crippen LogP contribution in [0.2, 0.25) is 0 Å². The van der Waals surface area contributed by atoms with Crippen molar-refractivity contribution < 1.29 is 5.11 Å². The average Bonchev–Trinajstić information content (AvgIpc) is 2.76. The van der Waals surface area contributed by atoms with E-state index in [0.29, 0.717) is 5.75 Å². The Labute approximate surface area is 101 Å². The molecule has 3 rings (SSSR count). The van der Waals surface area contributed by atoms with Crippen LogP contribution in [0.4, 0.5) is 5.69 Å². The first-order chi connectivity index (χ1) is 8.33. The van der Waals surface area contributed by atoms with Gasteiger partial charge in [0, 0.05) is 18.8 Å². The number of para-hydroxylation sites is 1. The summed E-state index contributed by atoms with van der Waals surface area (Å²) < 4.78 is 0. The lowest BCUT2D eigenvalue weighted by molar-refractivity contribution is 0.475. The van der Waals surface area contributed by atoms with Crippen LogP contribution in [0.15, 0.2) is 48.5 Å². The van der Waals surface area contributed by atoms with Gasteiger partial charge in [-0.25, -0.2) is 0 Å². The van der Waals surface area contributed by atoms with Crippen LogP contribution < -0.4 is 4.90 Å². The highest BCUT2D eigenvalue weighted by molar-refractivity contribution is 5.58. The molecule has 0 radical (unpaired) electrons. The highest BCUT2D eigenvalue weighted by atomic mass is 16.3. The first-order valence-electron chi connectivity index (χ1n) is 5.94. The van der Waals surface area contributed by atoms with E-state index in [9.17, 15) is 5.11 Å². The number of hydrogen-bond acceptors (Lipinski definition) is 2. The van der Waals surface area contributed by atoms with E-state index in [1.807, 2.05) is 12.1 Å². The van der Waals surface area contributed by atoms with Crippen molar-refractivity contribution in [2.45, 2.75) is 13.0 Å². The minimum atomic E-state index is 0.329. The number of phenols is 1. The predicted octanol–water partition coefficient (Wildman–Crippen LogP) is 2.95. The van der Waals surface area contributed by atoms with Crippen LogP contribution >= 0.6 is 0 Å². The van der Waals surface area contributed by atoms with E-state index in [1.54, 1.807) is 12.1 Å². The van der Waals surface area contributed by atoms with Crippen molar-refractivity contribution in [2.75, 3.05) is 11.4 Å². The largest absolute Gasteiger partial charge is 0.508 e. The number of rotatable bonds is 2. The lowest BCUT2D eigenvalue weighted by Crippen LogP contribution is -2.19. The third-order valence-corrected chi connectivity index (χ3v) is 3.29. The molecular weight excluding hydrogens is 210 g/mol. The monoisotopic (exact) mass is 225 g/mol. The van der Waals surface area contributed by atoms with Crippen molar-refractivity contribution >= 4 is 5.69 Å². The number of hydrogen-bond donors (Lipinski definition) is 1. The molecule has 1 N–H and O–H groups in total. The second kappa shape index (κ2) is 4.13. The van der Waals surface area contributed by atoms with Crippen molar-refractivity contribution in [3.8, 4) is 5.75 Å². The van der Waals surface area contributed by atoms with Gasteiger partial charge < -0.3 is 10.0 Å². The predicted molar refractivity (Wildman–Crippen MR) is 69.3 cm³/mol. The van der Waals surface area contributed by atoms with Crippen molar-refractivity contribution in [2.24, 2.45) is 0 Å². The molecule has 0 unspecified atom stereocenters. The van der Waals surface area contributed by atoms with Crippen LogP contribution in [0.3, 0.4) is 0 Å². The van der Waals surface area contributed by atoms with Crippen molar-refractivity contribution in [3.05, 3.63) is 59.7 Å². The lowest BCUT2D eigenvalue weighted by atomic mass is 10.1. The third-order valence-electron chi connectivity index (χ3n) is 3.29. The van der Waals surface area contributed by atoms with Gasteiger partial charge in [0.2, 0.25) is 0 Å². The van der Waals surface area contributed by atoms with E-state index in [-0.39, 0.29) is 0 Å². The maximum Gasteiger partial charge on any atom is 0.115 e. The summed E-state index contributed by atoms with van der Waals surface area (Å²) in [6, 6.07) is 16.0. The van der Waals surface area contributed by atoms with Gasteiger partial charge in [0.05, 0.1) is 0 Å². The van der Waals surface area contributed by atoms with E-state index < -0.39 is 0 Å². The molecule has 0 fully saturated rings. The molecule has 1 aliphatic rings. The standard InChI is InChI=1S/C15H15NO/c17-14-7-5-12(6-8-14)11-16-10-9-13-3-1-2-4-15(13)16/h1-8,17H,9-11H2. The molecule has 0 saturated heterocycles. The zero-order chi connectivity index (χ0) is 11.7. The number of anilines is 1. The molecule has 1 aliphatic heterocycles. The fraction of sp³-hybridized carbons (Fsp3) is 0.200. The maximum absolute atomic E-state index is 9.26. The number of benzene rings is 2. The van der Waals surface area contributed by atoms with Gasteiger partial charge in [-0.2, -0.15) is 0 Å². The highest BCUT2D eigenvalue weighted by Gasteiger charge is 2.17. The molecule has 0 aromatic heterocycles. The van der Waals surface area contributed by atoms with Gasteiger partial charge in [-0.15, -0.1) is 0 Å². The van der Waals surface area contributed by atoms with Crippen molar-refractivity contribution in [1.29, 1.82) is 0 Å². The van der Waals surface area contributed by atoms with E-state index in [1.165, 1.54) is 16.8 Å². The summed E-state index contributed by atoms with van der Waals surface area (Å²) in [7, 11) is 0. The quantitative estimate of drug-likeness (QED) is 0.849. The van der Waals surface area contributed by atoms with Crippen LogP contribution in [0.1, 0.15) is 11.1 Å². The molecule has 0 bridgehead atoms. The Morgan fingerprint density at radius 2 is 1.76 bits per heavy atom. The maximum atomic E-state index is 9.26. The summed E-state index contributed by atoms with van der Waals surface area (Å²) in [5.41, 5.74) is 4.02. The number of phenolic OH excluding ortho intramolecular Hbond substituents is 1. The lowest BCUT2D eigenvalue weighted by Gasteiger charge is -2.19. The minimum Gasteiger partial charge on any atom is -0.508 e. The van der Waals surface area contributed by atoms with Crippen LogP contribution in [0.5, 0.6) is 5.75 Å². The smallest absolute Gasteiger partial charge is 0.115 e. The zero-order valence-corrected chi connectivity index (χ0v) is 9.63. The molecule has 0 saturated carbocycles. The summed E-state index contributed by atoms with van der Waals surface area (Å²) >= 11 is 0. The number of fused-ring (bicyclic) bond motifs is 1. The fourth-order valence-electron chi connectivity index (χ4n) is 2.39. The molecule has 0 amide bonds. The van der Waals surface area contributed by atoms with Gasteiger partial charge >= 0.3 is 0 Å². The molecule has 0 atom stereocenters. The van der Waals surface area contributed by atoms with E-state index in [0.717, 1.165) is 19.5 Å². The van der Waals surface area contributed by atoms with Gasteiger partial charge in [0.25, 0.3) is 0 Å². The Morgan fingerprint density at radius 3 is 2.59 bits per heavy atom. The molecule has 0 spiro atoms. The van der Waals surface area contributed by atoms with Crippen molar-refractivity contribution in [1.82, 2.24) is 0 Å². The van der Waals surface area contributed by atoms with Crippen molar-refractivity contribution in [3.63, 3.8) is 0 Å². The Balaban J connectivity index is 1.81. The van der Waals surface area contributed by atoms with Gasteiger partial charge in [0.1, 0.15) is 5.75 Å². The average molecular weight is 225 g/mol. The Hall–Kier alpha value is -1.96. The SMILES string of the molecule is Oc1ccc(CN2CCc3ccccc32)cc1. The van der Waals surface area contributed by atoms with Gasteiger partial charge in [-0.3, -0.25) is 0 Å². The highest BCUT2D eigenvalue weighted by Crippen LogP contribution is 2.28. The molecule has 2 nitrogen and oxygen atoms in total. The van der Waals surface area contributed by atoms with Crippen LogP contribution in [0, 0.1) is 0 Å². The summed E-state index contributed by atoms with van der Waals surface area (Å²) in [4.78, 5) is 2.39. The van der Waals surface area contributed by atoms with E-state index in [2.05, 4.69) is 29.2 Å².